The number of aromatic nitrogens is 5. The first-order valence-electron chi connectivity index (χ1n) is 9.97. The van der Waals surface area contributed by atoms with Crippen molar-refractivity contribution in [2.75, 3.05) is 11.9 Å². The molecule has 8 heteroatoms. The highest BCUT2D eigenvalue weighted by molar-refractivity contribution is 5.77. The fourth-order valence-electron chi connectivity index (χ4n) is 3.92. The molecular weight excluding hydrogens is 380 g/mol. The van der Waals surface area contributed by atoms with E-state index >= 15 is 0 Å². The van der Waals surface area contributed by atoms with E-state index in [1.807, 2.05) is 12.1 Å². The van der Waals surface area contributed by atoms with E-state index in [4.69, 9.17) is 9.40 Å². The van der Waals surface area contributed by atoms with Gasteiger partial charge in [0.15, 0.2) is 0 Å². The normalized spacial score (nSPS) is 15.0. The second-order valence-electron chi connectivity index (χ2n) is 8.38. The summed E-state index contributed by atoms with van der Waals surface area (Å²) in [4.78, 5) is 30.9. The zero-order valence-corrected chi connectivity index (χ0v) is 16.9. The first-order chi connectivity index (χ1) is 14.5. The summed E-state index contributed by atoms with van der Waals surface area (Å²) in [6.45, 7) is 5.66. The lowest BCUT2D eigenvalue weighted by Gasteiger charge is -2.33. The summed E-state index contributed by atoms with van der Waals surface area (Å²) < 4.78 is 7.31. The number of aryl methyl sites for hydroxylation is 1. The number of rotatable bonds is 4. The minimum absolute atomic E-state index is 0.0280. The highest BCUT2D eigenvalue weighted by Gasteiger charge is 2.29. The van der Waals surface area contributed by atoms with Crippen LogP contribution in [0.2, 0.25) is 0 Å². The summed E-state index contributed by atoms with van der Waals surface area (Å²) in [5.41, 5.74) is 3.47. The Labute approximate surface area is 173 Å². The van der Waals surface area contributed by atoms with Crippen LogP contribution in [0.25, 0.3) is 22.5 Å². The molecule has 152 valence electrons. The van der Waals surface area contributed by atoms with Crippen molar-refractivity contribution in [2.24, 2.45) is 5.41 Å². The molecule has 1 N–H and O–H groups in total. The molecule has 1 aliphatic rings. The third-order valence-electron chi connectivity index (χ3n) is 5.47. The van der Waals surface area contributed by atoms with Gasteiger partial charge in [0.1, 0.15) is 12.0 Å². The van der Waals surface area contributed by atoms with Crippen LogP contribution in [0.4, 0.5) is 5.95 Å². The van der Waals surface area contributed by atoms with Gasteiger partial charge in [-0.25, -0.2) is 19.9 Å². The van der Waals surface area contributed by atoms with Crippen LogP contribution in [0.3, 0.4) is 0 Å². The Hall–Kier alpha value is -3.55. The number of fused-ring (bicyclic) bond motifs is 2. The van der Waals surface area contributed by atoms with Crippen molar-refractivity contribution in [1.82, 2.24) is 24.5 Å². The van der Waals surface area contributed by atoms with E-state index in [0.717, 1.165) is 17.5 Å². The Morgan fingerprint density at radius 3 is 2.93 bits per heavy atom. The van der Waals surface area contributed by atoms with Crippen molar-refractivity contribution >= 4 is 17.0 Å². The van der Waals surface area contributed by atoms with Gasteiger partial charge in [-0.05, 0) is 31.0 Å². The van der Waals surface area contributed by atoms with Gasteiger partial charge in [-0.3, -0.25) is 9.36 Å². The predicted molar refractivity (Wildman–Crippen MR) is 113 cm³/mol. The molecule has 4 aromatic heterocycles. The summed E-state index contributed by atoms with van der Waals surface area (Å²) in [5.74, 6) is 0.592. The molecule has 0 bridgehead atoms. The molecule has 0 atom stereocenters. The maximum Gasteiger partial charge on any atom is 0.258 e. The molecule has 0 radical (unpaired) electrons. The lowest BCUT2D eigenvalue weighted by atomic mass is 9.92. The molecule has 0 saturated heterocycles. The Bertz CT molecular complexity index is 1280. The standard InChI is InChI=1S/C22H22N6O2/c1-22(2)11-25-21-27-18(17-7-9-23-13-26-17)16(20(29)28(21)12-22)6-5-14-10-30-19-15(14)4-3-8-24-19/h3-4,7-10,13H,5-6,11-12H2,1-2H3,(H,25,27). The second-order valence-corrected chi connectivity index (χ2v) is 8.38. The first-order valence-corrected chi connectivity index (χ1v) is 9.97. The van der Waals surface area contributed by atoms with Crippen LogP contribution in [0.5, 0.6) is 0 Å². The van der Waals surface area contributed by atoms with Gasteiger partial charge < -0.3 is 9.73 Å². The maximum atomic E-state index is 13.5. The fraction of sp³-hybridized carbons (Fsp3) is 0.318. The number of pyridine rings is 1. The fourth-order valence-corrected chi connectivity index (χ4v) is 3.92. The number of nitrogens with one attached hydrogen (secondary N) is 1. The maximum absolute atomic E-state index is 13.5. The lowest BCUT2D eigenvalue weighted by molar-refractivity contribution is 0.302. The molecule has 0 aliphatic carbocycles. The van der Waals surface area contributed by atoms with Crippen LogP contribution in [0, 0.1) is 5.41 Å². The molecule has 5 heterocycles. The zero-order valence-electron chi connectivity index (χ0n) is 16.9. The quantitative estimate of drug-likeness (QED) is 0.560. The van der Waals surface area contributed by atoms with Crippen molar-refractivity contribution in [1.29, 1.82) is 0 Å². The Balaban J connectivity index is 1.59. The molecule has 8 nitrogen and oxygen atoms in total. The van der Waals surface area contributed by atoms with Gasteiger partial charge in [-0.1, -0.05) is 13.8 Å². The molecule has 5 rings (SSSR count). The monoisotopic (exact) mass is 402 g/mol. The van der Waals surface area contributed by atoms with Crippen molar-refractivity contribution in [3.8, 4) is 11.4 Å². The van der Waals surface area contributed by atoms with Crippen LogP contribution in [-0.2, 0) is 19.4 Å². The van der Waals surface area contributed by atoms with Gasteiger partial charge >= 0.3 is 0 Å². The molecule has 0 spiro atoms. The predicted octanol–water partition coefficient (Wildman–Crippen LogP) is 3.08. The molecule has 4 aromatic rings. The number of anilines is 1. The van der Waals surface area contributed by atoms with Gasteiger partial charge in [0.2, 0.25) is 11.7 Å². The Morgan fingerprint density at radius 1 is 1.20 bits per heavy atom. The average Bonchev–Trinajstić information content (AvgIpc) is 3.17. The molecule has 30 heavy (non-hydrogen) atoms. The van der Waals surface area contributed by atoms with E-state index in [1.54, 1.807) is 29.3 Å². The van der Waals surface area contributed by atoms with Crippen LogP contribution in [0.15, 0.2) is 52.4 Å². The van der Waals surface area contributed by atoms with Gasteiger partial charge in [0, 0.05) is 47.4 Å². The third kappa shape index (κ3) is 3.24. The SMILES string of the molecule is CC1(C)CNc2nc(-c3ccncn3)c(CCc3coc4ncccc34)c(=O)n2C1. The van der Waals surface area contributed by atoms with Gasteiger partial charge in [0.25, 0.3) is 5.56 Å². The summed E-state index contributed by atoms with van der Waals surface area (Å²) in [6, 6.07) is 5.65. The smallest absolute Gasteiger partial charge is 0.258 e. The van der Waals surface area contributed by atoms with Crippen molar-refractivity contribution in [2.45, 2.75) is 33.2 Å². The molecule has 0 unspecified atom stereocenters. The summed E-state index contributed by atoms with van der Waals surface area (Å²) in [6.07, 6.45) is 7.73. The van der Waals surface area contributed by atoms with E-state index in [9.17, 15) is 4.79 Å². The molecular formula is C22H22N6O2. The molecule has 1 aliphatic heterocycles. The van der Waals surface area contributed by atoms with Crippen LogP contribution in [-0.4, -0.2) is 31.0 Å². The highest BCUT2D eigenvalue weighted by Crippen LogP contribution is 2.28. The van der Waals surface area contributed by atoms with Crippen LogP contribution in [0.1, 0.15) is 25.0 Å². The largest absolute Gasteiger partial charge is 0.446 e. The number of hydrogen-bond acceptors (Lipinski definition) is 7. The summed E-state index contributed by atoms with van der Waals surface area (Å²) >= 11 is 0. The second kappa shape index (κ2) is 7.05. The van der Waals surface area contributed by atoms with Crippen LogP contribution < -0.4 is 10.9 Å². The number of hydrogen-bond donors (Lipinski definition) is 1. The van der Waals surface area contributed by atoms with Gasteiger partial charge in [-0.2, -0.15) is 0 Å². The van der Waals surface area contributed by atoms with Crippen molar-refractivity contribution < 1.29 is 4.42 Å². The first kappa shape index (κ1) is 18.5. The highest BCUT2D eigenvalue weighted by atomic mass is 16.3. The average molecular weight is 402 g/mol. The van der Waals surface area contributed by atoms with Crippen molar-refractivity contribution in [3.05, 3.63) is 64.7 Å². The van der Waals surface area contributed by atoms with E-state index in [2.05, 4.69) is 34.1 Å². The summed E-state index contributed by atoms with van der Waals surface area (Å²) in [7, 11) is 0. The number of nitrogens with zero attached hydrogens (tertiary/aromatic N) is 5. The van der Waals surface area contributed by atoms with E-state index in [1.165, 1.54) is 6.33 Å². The molecule has 0 amide bonds. The zero-order chi connectivity index (χ0) is 20.7. The third-order valence-corrected chi connectivity index (χ3v) is 5.47. The lowest BCUT2D eigenvalue weighted by Crippen LogP contribution is -2.42. The topological polar surface area (TPSA) is 98.7 Å². The minimum Gasteiger partial charge on any atom is -0.446 e. The van der Waals surface area contributed by atoms with E-state index < -0.39 is 0 Å². The van der Waals surface area contributed by atoms with E-state index in [0.29, 0.717) is 48.0 Å². The minimum atomic E-state index is -0.0291. The van der Waals surface area contributed by atoms with Gasteiger partial charge in [-0.15, -0.1) is 0 Å². The summed E-state index contributed by atoms with van der Waals surface area (Å²) in [5, 5.41) is 4.28. The van der Waals surface area contributed by atoms with E-state index in [-0.39, 0.29) is 11.0 Å². The molecule has 0 aromatic carbocycles. The molecule has 0 saturated carbocycles. The van der Waals surface area contributed by atoms with Gasteiger partial charge in [0.05, 0.1) is 12.0 Å². The Morgan fingerprint density at radius 2 is 2.10 bits per heavy atom. The van der Waals surface area contributed by atoms with Crippen LogP contribution >= 0.6 is 0 Å². The number of furan rings is 1. The molecule has 0 fully saturated rings. The Kier molecular flexibility index (Phi) is 4.34. The van der Waals surface area contributed by atoms with Crippen molar-refractivity contribution in [3.63, 3.8) is 0 Å².